The Morgan fingerprint density at radius 3 is 2.59 bits per heavy atom. The predicted octanol–water partition coefficient (Wildman–Crippen LogP) is 3.10. The summed E-state index contributed by atoms with van der Waals surface area (Å²) in [5.41, 5.74) is -0.120. The van der Waals surface area contributed by atoms with Gasteiger partial charge in [-0.1, -0.05) is 29.3 Å². The highest BCUT2D eigenvalue weighted by Gasteiger charge is 2.34. The summed E-state index contributed by atoms with van der Waals surface area (Å²) in [5.74, 6) is -0.107. The molecule has 0 aliphatic carbocycles. The van der Waals surface area contributed by atoms with Crippen molar-refractivity contribution in [1.29, 1.82) is 0 Å². The Labute approximate surface area is 147 Å². The fraction of sp³-hybridized carbons (Fsp3) is 0.533. The number of aliphatic hydroxyl groups is 1. The lowest BCUT2D eigenvalue weighted by atomic mass is 9.90. The highest BCUT2D eigenvalue weighted by Crippen LogP contribution is 2.30. The van der Waals surface area contributed by atoms with Crippen LogP contribution >= 0.6 is 35.6 Å². The molecule has 0 bridgehead atoms. The van der Waals surface area contributed by atoms with Crippen LogP contribution in [0.2, 0.25) is 10.0 Å². The molecule has 1 saturated heterocycles. The molecular formula is C15H21Cl3N2O2. The second-order valence-corrected chi connectivity index (χ2v) is 6.39. The smallest absolute Gasteiger partial charge is 0.240 e. The lowest BCUT2D eigenvalue weighted by Crippen LogP contribution is -2.57. The second kappa shape index (κ2) is 8.37. The first-order valence-corrected chi connectivity index (χ1v) is 7.85. The molecule has 1 aromatic rings. The third kappa shape index (κ3) is 4.49. The van der Waals surface area contributed by atoms with Gasteiger partial charge in [-0.25, -0.2) is 0 Å². The quantitative estimate of drug-likeness (QED) is 0.766. The van der Waals surface area contributed by atoms with Gasteiger partial charge in [-0.2, -0.15) is 0 Å². The maximum Gasteiger partial charge on any atom is 0.240 e. The Morgan fingerprint density at radius 2 is 2.05 bits per heavy atom. The van der Waals surface area contributed by atoms with E-state index in [-0.39, 0.29) is 24.9 Å². The van der Waals surface area contributed by atoms with E-state index in [2.05, 4.69) is 10.6 Å². The monoisotopic (exact) mass is 366 g/mol. The van der Waals surface area contributed by atoms with Gasteiger partial charge in [0, 0.05) is 22.2 Å². The number of piperidine rings is 1. The number of halogens is 3. The zero-order chi connectivity index (χ0) is 15.5. The summed E-state index contributed by atoms with van der Waals surface area (Å²) in [5, 5.41) is 17.0. The molecule has 0 saturated carbocycles. The van der Waals surface area contributed by atoms with Crippen LogP contribution in [0, 0.1) is 0 Å². The van der Waals surface area contributed by atoms with Gasteiger partial charge in [0.05, 0.1) is 11.6 Å². The molecule has 4 nitrogen and oxygen atoms in total. The minimum Gasteiger partial charge on any atom is -0.386 e. The first-order valence-electron chi connectivity index (χ1n) is 7.09. The summed E-state index contributed by atoms with van der Waals surface area (Å²) in [6, 6.07) is 5.04. The van der Waals surface area contributed by atoms with E-state index in [1.165, 1.54) is 0 Å². The molecule has 2 unspecified atom stereocenters. The summed E-state index contributed by atoms with van der Waals surface area (Å²) in [6.07, 6.45) is 1.97. The van der Waals surface area contributed by atoms with E-state index in [0.29, 0.717) is 15.6 Å². The van der Waals surface area contributed by atoms with Gasteiger partial charge < -0.3 is 15.7 Å². The van der Waals surface area contributed by atoms with E-state index in [4.69, 9.17) is 23.2 Å². The van der Waals surface area contributed by atoms with E-state index in [1.807, 2.05) is 6.92 Å². The molecule has 1 fully saturated rings. The highest BCUT2D eigenvalue weighted by atomic mass is 35.5. The van der Waals surface area contributed by atoms with E-state index in [1.54, 1.807) is 18.2 Å². The molecular weight excluding hydrogens is 347 g/mol. The van der Waals surface area contributed by atoms with Gasteiger partial charge in [0.15, 0.2) is 0 Å². The molecule has 3 N–H and O–H groups in total. The van der Waals surface area contributed by atoms with Crippen molar-refractivity contribution < 1.29 is 9.90 Å². The molecule has 1 aromatic carbocycles. The number of hydrogen-bond acceptors (Lipinski definition) is 3. The van der Waals surface area contributed by atoms with Crippen molar-refractivity contribution in [2.75, 3.05) is 13.1 Å². The van der Waals surface area contributed by atoms with Crippen molar-refractivity contribution in [3.8, 4) is 0 Å². The molecule has 1 aliphatic rings. The Kier molecular flexibility index (Phi) is 7.42. The molecule has 0 aromatic heterocycles. The van der Waals surface area contributed by atoms with Gasteiger partial charge in [-0.3, -0.25) is 4.79 Å². The summed E-state index contributed by atoms with van der Waals surface area (Å²) in [7, 11) is 0. The Balaban J connectivity index is 0.00000242. The molecule has 1 amide bonds. The maximum atomic E-state index is 12.3. The van der Waals surface area contributed by atoms with Crippen molar-refractivity contribution in [2.45, 2.75) is 37.8 Å². The standard InChI is InChI=1S/C15H20Cl2N2O2.ClH/c1-15(7-2-3-8-19-15)14(21)18-9-12(20)13-10(16)5-4-6-11(13)17;/h4-6,12,19-20H,2-3,7-9H2,1H3,(H,18,21);1H. The summed E-state index contributed by atoms with van der Waals surface area (Å²) < 4.78 is 0. The molecule has 22 heavy (non-hydrogen) atoms. The fourth-order valence-electron chi connectivity index (χ4n) is 2.57. The molecule has 1 heterocycles. The lowest BCUT2D eigenvalue weighted by Gasteiger charge is -2.33. The number of hydrogen-bond donors (Lipinski definition) is 3. The van der Waals surface area contributed by atoms with E-state index < -0.39 is 11.6 Å². The SMILES string of the molecule is CC1(C(=O)NCC(O)c2c(Cl)cccc2Cl)CCCCN1.Cl. The average Bonchev–Trinajstić information content (AvgIpc) is 2.45. The first kappa shape index (κ1) is 19.5. The topological polar surface area (TPSA) is 61.4 Å². The predicted molar refractivity (Wildman–Crippen MR) is 91.9 cm³/mol. The molecule has 2 rings (SSSR count). The number of benzene rings is 1. The van der Waals surface area contributed by atoms with Crippen LogP contribution in [0.1, 0.15) is 37.9 Å². The Hall–Kier alpha value is -0.520. The molecule has 7 heteroatoms. The van der Waals surface area contributed by atoms with Gasteiger partial charge in [-0.05, 0) is 44.9 Å². The number of rotatable bonds is 4. The lowest BCUT2D eigenvalue weighted by molar-refractivity contribution is -0.128. The normalized spacial score (nSPS) is 22.5. The van der Waals surface area contributed by atoms with Crippen LogP contribution in [0.3, 0.4) is 0 Å². The number of amides is 1. The molecule has 0 spiro atoms. The zero-order valence-electron chi connectivity index (χ0n) is 12.4. The van der Waals surface area contributed by atoms with Crippen molar-refractivity contribution in [3.05, 3.63) is 33.8 Å². The summed E-state index contributed by atoms with van der Waals surface area (Å²) in [4.78, 5) is 12.3. The third-order valence-corrected chi connectivity index (χ3v) is 4.57. The number of nitrogens with one attached hydrogen (secondary N) is 2. The fourth-order valence-corrected chi connectivity index (χ4v) is 3.21. The van der Waals surface area contributed by atoms with E-state index in [0.717, 1.165) is 25.8 Å². The minimum absolute atomic E-state index is 0. The maximum absolute atomic E-state index is 12.3. The molecule has 1 aliphatic heterocycles. The van der Waals surface area contributed by atoms with Crippen LogP contribution in [0.15, 0.2) is 18.2 Å². The van der Waals surface area contributed by atoms with Crippen LogP contribution in [-0.2, 0) is 4.79 Å². The van der Waals surface area contributed by atoms with Crippen molar-refractivity contribution >= 4 is 41.5 Å². The third-order valence-electron chi connectivity index (χ3n) is 3.91. The Morgan fingerprint density at radius 1 is 1.41 bits per heavy atom. The van der Waals surface area contributed by atoms with Crippen LogP contribution in [0.5, 0.6) is 0 Å². The highest BCUT2D eigenvalue weighted by molar-refractivity contribution is 6.36. The van der Waals surface area contributed by atoms with Gasteiger partial charge in [0.1, 0.15) is 0 Å². The zero-order valence-corrected chi connectivity index (χ0v) is 14.7. The number of aliphatic hydroxyl groups excluding tert-OH is 1. The van der Waals surface area contributed by atoms with Gasteiger partial charge in [-0.15, -0.1) is 12.4 Å². The largest absolute Gasteiger partial charge is 0.386 e. The van der Waals surface area contributed by atoms with Crippen LogP contribution in [0.25, 0.3) is 0 Å². The van der Waals surface area contributed by atoms with Crippen molar-refractivity contribution in [1.82, 2.24) is 10.6 Å². The second-order valence-electron chi connectivity index (χ2n) is 5.58. The van der Waals surface area contributed by atoms with Crippen molar-refractivity contribution in [2.24, 2.45) is 0 Å². The number of carbonyl (C=O) groups excluding carboxylic acids is 1. The summed E-state index contributed by atoms with van der Waals surface area (Å²) in [6.45, 7) is 2.80. The Bertz CT molecular complexity index is 499. The van der Waals surface area contributed by atoms with Gasteiger partial charge >= 0.3 is 0 Å². The van der Waals surface area contributed by atoms with E-state index >= 15 is 0 Å². The van der Waals surface area contributed by atoms with Gasteiger partial charge in [0.2, 0.25) is 5.91 Å². The molecule has 2 atom stereocenters. The minimum atomic E-state index is -0.928. The van der Waals surface area contributed by atoms with Crippen LogP contribution < -0.4 is 10.6 Å². The molecule has 0 radical (unpaired) electrons. The van der Waals surface area contributed by atoms with Crippen molar-refractivity contribution in [3.63, 3.8) is 0 Å². The van der Waals surface area contributed by atoms with E-state index in [9.17, 15) is 9.90 Å². The van der Waals surface area contributed by atoms with Crippen LogP contribution in [-0.4, -0.2) is 29.6 Å². The molecule has 124 valence electrons. The first-order chi connectivity index (χ1) is 9.94. The average molecular weight is 368 g/mol. The number of carbonyl (C=O) groups is 1. The van der Waals surface area contributed by atoms with Gasteiger partial charge in [0.25, 0.3) is 0 Å². The summed E-state index contributed by atoms with van der Waals surface area (Å²) >= 11 is 12.1. The van der Waals surface area contributed by atoms with Crippen LogP contribution in [0.4, 0.5) is 0 Å².